The SMILES string of the molecule is O=C(c1ccc2cc[nH]c2c1)N1CCC2(CCN(CCCc3ccccc3)C2)C1. The molecule has 4 nitrogen and oxygen atoms in total. The van der Waals surface area contributed by atoms with Gasteiger partial charge in [0.15, 0.2) is 0 Å². The summed E-state index contributed by atoms with van der Waals surface area (Å²) in [5, 5.41) is 1.15. The molecule has 1 aromatic heterocycles. The maximum absolute atomic E-state index is 13.1. The lowest BCUT2D eigenvalue weighted by Crippen LogP contribution is -2.34. The molecule has 5 rings (SSSR count). The van der Waals surface area contributed by atoms with Crippen LogP contribution < -0.4 is 0 Å². The topological polar surface area (TPSA) is 39.3 Å². The minimum atomic E-state index is 0.181. The van der Waals surface area contributed by atoms with Gasteiger partial charge in [0.05, 0.1) is 0 Å². The zero-order valence-electron chi connectivity index (χ0n) is 16.9. The molecule has 29 heavy (non-hydrogen) atoms. The molecular formula is C25H29N3O. The third-order valence-electron chi connectivity index (χ3n) is 6.83. The quantitative estimate of drug-likeness (QED) is 0.707. The van der Waals surface area contributed by atoms with E-state index < -0.39 is 0 Å². The van der Waals surface area contributed by atoms with E-state index in [1.165, 1.54) is 24.9 Å². The summed E-state index contributed by atoms with van der Waals surface area (Å²) in [7, 11) is 0. The number of hydrogen-bond donors (Lipinski definition) is 1. The van der Waals surface area contributed by atoms with Crippen LogP contribution in [0.4, 0.5) is 0 Å². The van der Waals surface area contributed by atoms with Crippen LogP contribution in [0.25, 0.3) is 10.9 Å². The Labute approximate surface area is 172 Å². The molecule has 2 aliphatic rings. The standard InChI is InChI=1S/C25H29N3O/c29-24(22-9-8-21-10-13-26-23(21)17-22)28-16-12-25(19-28)11-15-27(18-25)14-4-7-20-5-2-1-3-6-20/h1-3,5-6,8-10,13,17,26H,4,7,11-12,14-16,18-19H2. The molecule has 1 atom stereocenters. The number of amides is 1. The van der Waals surface area contributed by atoms with Crippen molar-refractivity contribution in [2.45, 2.75) is 25.7 Å². The summed E-state index contributed by atoms with van der Waals surface area (Å²) in [5.41, 5.74) is 3.57. The van der Waals surface area contributed by atoms with E-state index in [2.05, 4.69) is 45.1 Å². The van der Waals surface area contributed by atoms with Gasteiger partial charge < -0.3 is 14.8 Å². The van der Waals surface area contributed by atoms with Crippen LogP contribution in [0.1, 0.15) is 35.2 Å². The van der Waals surface area contributed by atoms with Crippen molar-refractivity contribution < 1.29 is 4.79 Å². The molecule has 1 amide bonds. The van der Waals surface area contributed by atoms with Crippen LogP contribution in [-0.4, -0.2) is 53.4 Å². The Bertz CT molecular complexity index is 995. The molecular weight excluding hydrogens is 358 g/mol. The Morgan fingerprint density at radius 1 is 1.00 bits per heavy atom. The number of aromatic amines is 1. The first-order valence-corrected chi connectivity index (χ1v) is 10.8. The first kappa shape index (κ1) is 18.4. The number of nitrogens with zero attached hydrogens (tertiary/aromatic N) is 2. The minimum Gasteiger partial charge on any atom is -0.361 e. The van der Waals surface area contributed by atoms with E-state index in [1.807, 2.05) is 30.5 Å². The van der Waals surface area contributed by atoms with Gasteiger partial charge in [0.2, 0.25) is 0 Å². The molecule has 2 aliphatic heterocycles. The monoisotopic (exact) mass is 387 g/mol. The second kappa shape index (κ2) is 7.68. The summed E-state index contributed by atoms with van der Waals surface area (Å²) in [6, 6.07) is 18.8. The van der Waals surface area contributed by atoms with E-state index in [-0.39, 0.29) is 5.91 Å². The Balaban J connectivity index is 1.16. The van der Waals surface area contributed by atoms with Crippen molar-refractivity contribution in [2.24, 2.45) is 5.41 Å². The van der Waals surface area contributed by atoms with Gasteiger partial charge in [-0.25, -0.2) is 0 Å². The summed E-state index contributed by atoms with van der Waals surface area (Å²) >= 11 is 0. The van der Waals surface area contributed by atoms with Crippen LogP contribution in [0.15, 0.2) is 60.8 Å². The number of carbonyl (C=O) groups excluding carboxylic acids is 1. The van der Waals surface area contributed by atoms with Crippen molar-refractivity contribution in [3.63, 3.8) is 0 Å². The number of benzene rings is 2. The van der Waals surface area contributed by atoms with Gasteiger partial charge in [-0.3, -0.25) is 4.79 Å². The van der Waals surface area contributed by atoms with E-state index in [4.69, 9.17) is 0 Å². The van der Waals surface area contributed by atoms with Gasteiger partial charge in [0, 0.05) is 42.3 Å². The number of likely N-dealkylation sites (tertiary alicyclic amines) is 2. The third kappa shape index (κ3) is 3.82. The van der Waals surface area contributed by atoms with Gasteiger partial charge in [0.25, 0.3) is 5.91 Å². The number of hydrogen-bond acceptors (Lipinski definition) is 2. The van der Waals surface area contributed by atoms with Crippen LogP contribution in [0.3, 0.4) is 0 Å². The number of rotatable bonds is 5. The molecule has 0 saturated carbocycles. The molecule has 150 valence electrons. The largest absolute Gasteiger partial charge is 0.361 e. The highest BCUT2D eigenvalue weighted by molar-refractivity contribution is 5.98. The lowest BCUT2D eigenvalue weighted by atomic mass is 9.86. The maximum atomic E-state index is 13.1. The molecule has 0 bridgehead atoms. The first-order chi connectivity index (χ1) is 14.2. The molecule has 1 spiro atoms. The van der Waals surface area contributed by atoms with Gasteiger partial charge in [-0.05, 0) is 67.9 Å². The minimum absolute atomic E-state index is 0.181. The fourth-order valence-corrected chi connectivity index (χ4v) is 5.18. The van der Waals surface area contributed by atoms with Crippen molar-refractivity contribution in [1.82, 2.24) is 14.8 Å². The molecule has 4 heteroatoms. The molecule has 2 fully saturated rings. The molecule has 0 radical (unpaired) electrons. The molecule has 2 saturated heterocycles. The number of H-pyrrole nitrogens is 1. The smallest absolute Gasteiger partial charge is 0.253 e. The Hall–Kier alpha value is -2.59. The number of aryl methyl sites for hydroxylation is 1. The highest BCUT2D eigenvalue weighted by Crippen LogP contribution is 2.40. The van der Waals surface area contributed by atoms with Gasteiger partial charge in [-0.1, -0.05) is 36.4 Å². The highest BCUT2D eigenvalue weighted by atomic mass is 16.2. The molecule has 1 N–H and O–H groups in total. The normalized spacial score (nSPS) is 22.1. The van der Waals surface area contributed by atoms with Crippen LogP contribution in [0, 0.1) is 5.41 Å². The van der Waals surface area contributed by atoms with Gasteiger partial charge in [-0.2, -0.15) is 0 Å². The van der Waals surface area contributed by atoms with Gasteiger partial charge in [-0.15, -0.1) is 0 Å². The van der Waals surface area contributed by atoms with E-state index >= 15 is 0 Å². The fraction of sp³-hybridized carbons (Fsp3) is 0.400. The molecule has 3 heterocycles. The number of aromatic nitrogens is 1. The van der Waals surface area contributed by atoms with E-state index in [0.29, 0.717) is 5.41 Å². The second-order valence-electron chi connectivity index (χ2n) is 8.87. The van der Waals surface area contributed by atoms with Crippen molar-refractivity contribution >= 4 is 16.8 Å². The van der Waals surface area contributed by atoms with E-state index in [9.17, 15) is 4.79 Å². The van der Waals surface area contributed by atoms with Crippen LogP contribution in [0.2, 0.25) is 0 Å². The van der Waals surface area contributed by atoms with Crippen LogP contribution in [0.5, 0.6) is 0 Å². The van der Waals surface area contributed by atoms with Crippen LogP contribution in [-0.2, 0) is 6.42 Å². The van der Waals surface area contributed by atoms with Crippen LogP contribution >= 0.6 is 0 Å². The van der Waals surface area contributed by atoms with Crippen molar-refractivity contribution in [2.75, 3.05) is 32.7 Å². The summed E-state index contributed by atoms with van der Waals surface area (Å²) < 4.78 is 0. The lowest BCUT2D eigenvalue weighted by molar-refractivity contribution is 0.0773. The Morgan fingerprint density at radius 2 is 1.86 bits per heavy atom. The molecule has 0 aliphatic carbocycles. The van der Waals surface area contributed by atoms with Gasteiger partial charge >= 0.3 is 0 Å². The Morgan fingerprint density at radius 3 is 2.76 bits per heavy atom. The number of carbonyl (C=O) groups is 1. The predicted molar refractivity (Wildman–Crippen MR) is 117 cm³/mol. The predicted octanol–water partition coefficient (Wildman–Crippen LogP) is 4.34. The van der Waals surface area contributed by atoms with E-state index in [0.717, 1.165) is 55.5 Å². The molecule has 1 unspecified atom stereocenters. The second-order valence-corrected chi connectivity index (χ2v) is 8.87. The third-order valence-corrected chi connectivity index (χ3v) is 6.83. The van der Waals surface area contributed by atoms with Crippen molar-refractivity contribution in [3.05, 3.63) is 71.9 Å². The van der Waals surface area contributed by atoms with Gasteiger partial charge in [0.1, 0.15) is 0 Å². The summed E-state index contributed by atoms with van der Waals surface area (Å²) in [5.74, 6) is 0.181. The highest BCUT2D eigenvalue weighted by Gasteiger charge is 2.44. The average molecular weight is 388 g/mol. The van der Waals surface area contributed by atoms with E-state index in [1.54, 1.807) is 0 Å². The zero-order valence-corrected chi connectivity index (χ0v) is 16.9. The number of nitrogens with one attached hydrogen (secondary N) is 1. The maximum Gasteiger partial charge on any atom is 0.253 e. The fourth-order valence-electron chi connectivity index (χ4n) is 5.18. The van der Waals surface area contributed by atoms with Crippen molar-refractivity contribution in [1.29, 1.82) is 0 Å². The first-order valence-electron chi connectivity index (χ1n) is 10.8. The van der Waals surface area contributed by atoms with Crippen molar-refractivity contribution in [3.8, 4) is 0 Å². The Kier molecular flexibility index (Phi) is 4.88. The molecule has 3 aromatic rings. The number of fused-ring (bicyclic) bond motifs is 1. The molecule has 2 aromatic carbocycles. The summed E-state index contributed by atoms with van der Waals surface area (Å²) in [4.78, 5) is 21.0. The zero-order chi connectivity index (χ0) is 19.7. The summed E-state index contributed by atoms with van der Waals surface area (Å²) in [6.07, 6.45) is 6.64. The lowest BCUT2D eigenvalue weighted by Gasteiger charge is -2.25. The average Bonchev–Trinajstić information content (AvgIpc) is 3.48. The summed E-state index contributed by atoms with van der Waals surface area (Å²) in [6.45, 7) is 5.27.